The summed E-state index contributed by atoms with van der Waals surface area (Å²) >= 11 is 0.549. The van der Waals surface area contributed by atoms with Crippen LogP contribution in [0.2, 0.25) is 0 Å². The highest BCUT2D eigenvalue weighted by molar-refractivity contribution is 7.94. The summed E-state index contributed by atoms with van der Waals surface area (Å²) in [5.74, 6) is 0.145. The van der Waals surface area contributed by atoms with E-state index in [1.807, 2.05) is 0 Å². The molecule has 0 saturated carbocycles. The first-order valence-corrected chi connectivity index (χ1v) is 14.4. The van der Waals surface area contributed by atoms with Crippen LogP contribution in [-0.2, 0) is 31.3 Å². The minimum absolute atomic E-state index is 0.106. The van der Waals surface area contributed by atoms with Crippen molar-refractivity contribution >= 4 is 37.5 Å². The molecule has 12 nitrogen and oxygen atoms in total. The molecule has 2 heterocycles. The number of hydrogen-bond acceptors (Lipinski definition) is 10. The van der Waals surface area contributed by atoms with Crippen LogP contribution in [-0.4, -0.2) is 65.5 Å². The van der Waals surface area contributed by atoms with E-state index in [0.29, 0.717) is 29.9 Å². The van der Waals surface area contributed by atoms with Gasteiger partial charge in [-0.05, 0) is 25.5 Å². The van der Waals surface area contributed by atoms with Crippen LogP contribution in [0.4, 0.5) is 4.79 Å². The summed E-state index contributed by atoms with van der Waals surface area (Å²) in [7, 11) is -6.71. The van der Waals surface area contributed by atoms with E-state index in [9.17, 15) is 26.5 Å². The summed E-state index contributed by atoms with van der Waals surface area (Å²) in [6.07, 6.45) is -0.394. The van der Waals surface area contributed by atoms with E-state index in [2.05, 4.69) is 5.18 Å². The fourth-order valence-corrected chi connectivity index (χ4v) is 8.03. The molecule has 0 spiro atoms. The molecule has 2 aromatic rings. The smallest absolute Gasteiger partial charge is 0.410 e. The topological polar surface area (TPSA) is 166 Å². The first-order chi connectivity index (χ1) is 16.5. The zero-order chi connectivity index (χ0) is 25.8. The van der Waals surface area contributed by atoms with Crippen LogP contribution < -0.4 is 9.88 Å². The molecule has 0 aliphatic carbocycles. The van der Waals surface area contributed by atoms with Crippen LogP contribution in [0, 0.1) is 4.91 Å². The maximum absolute atomic E-state index is 13.3. The predicted molar refractivity (Wildman–Crippen MR) is 128 cm³/mol. The van der Waals surface area contributed by atoms with E-state index in [1.54, 1.807) is 25.1 Å². The fourth-order valence-electron chi connectivity index (χ4n) is 3.74. The number of ether oxygens (including phenoxy) is 2. The van der Waals surface area contributed by atoms with E-state index in [1.165, 1.54) is 28.4 Å². The van der Waals surface area contributed by atoms with Gasteiger partial charge in [0.1, 0.15) is 20.7 Å². The molecular weight excluding hydrogens is 520 g/mol. The number of methoxy groups -OCH3 is 1. The van der Waals surface area contributed by atoms with Gasteiger partial charge in [0, 0.05) is 44.5 Å². The molecule has 0 bridgehead atoms. The Morgan fingerprint density at radius 1 is 1.34 bits per heavy atom. The molecule has 0 unspecified atom stereocenters. The van der Waals surface area contributed by atoms with Crippen molar-refractivity contribution in [3.8, 4) is 5.75 Å². The number of hydrogen-bond donors (Lipinski definition) is 1. The Labute approximate surface area is 207 Å². The molecule has 2 N–H and O–H groups in total. The summed E-state index contributed by atoms with van der Waals surface area (Å²) in [5.41, 5.74) is 0.565. The Morgan fingerprint density at radius 2 is 2.06 bits per heavy atom. The summed E-state index contributed by atoms with van der Waals surface area (Å²) in [6.45, 7) is 1.93. The molecule has 1 aromatic heterocycles. The fraction of sp³-hybridized carbons (Fsp3) is 0.450. The lowest BCUT2D eigenvalue weighted by molar-refractivity contribution is 0.121. The number of rotatable bonds is 10. The van der Waals surface area contributed by atoms with Gasteiger partial charge in [-0.25, -0.2) is 26.8 Å². The molecule has 1 aliphatic heterocycles. The van der Waals surface area contributed by atoms with E-state index < -0.39 is 32.2 Å². The average molecular weight is 547 g/mol. The third-order valence-corrected chi connectivity index (χ3v) is 10.4. The largest absolute Gasteiger partial charge is 0.415 e. The minimum Gasteiger partial charge on any atom is -0.410 e. The number of thiophene rings is 1. The van der Waals surface area contributed by atoms with Crippen molar-refractivity contribution in [3.05, 3.63) is 46.4 Å². The second-order valence-electron chi connectivity index (χ2n) is 7.63. The Bertz CT molecular complexity index is 1290. The van der Waals surface area contributed by atoms with Gasteiger partial charge in [-0.15, -0.1) is 11.3 Å². The van der Waals surface area contributed by atoms with Crippen molar-refractivity contribution in [2.75, 3.05) is 33.4 Å². The van der Waals surface area contributed by atoms with Crippen LogP contribution in [0.1, 0.15) is 30.5 Å². The number of benzene rings is 1. The van der Waals surface area contributed by atoms with Gasteiger partial charge in [0.25, 0.3) is 10.0 Å². The second-order valence-corrected chi connectivity index (χ2v) is 12.6. The lowest BCUT2D eigenvalue weighted by Gasteiger charge is -2.37. The number of amides is 1. The summed E-state index contributed by atoms with van der Waals surface area (Å²) in [5, 5.41) is 8.11. The number of carbonyl (C=O) groups is 1. The van der Waals surface area contributed by atoms with Crippen LogP contribution in [0.5, 0.6) is 5.75 Å². The zero-order valence-corrected chi connectivity index (χ0v) is 21.6. The van der Waals surface area contributed by atoms with Crippen molar-refractivity contribution in [3.63, 3.8) is 0 Å². The normalized spacial score (nSPS) is 17.5. The molecule has 1 atom stereocenters. The van der Waals surface area contributed by atoms with Gasteiger partial charge < -0.3 is 9.47 Å². The lowest BCUT2D eigenvalue weighted by atomic mass is 10.1. The van der Waals surface area contributed by atoms with E-state index in [0.717, 1.165) is 0 Å². The van der Waals surface area contributed by atoms with Crippen LogP contribution >= 0.6 is 11.3 Å². The highest BCUT2D eigenvalue weighted by Crippen LogP contribution is 2.42. The van der Waals surface area contributed by atoms with Crippen molar-refractivity contribution in [1.82, 2.24) is 9.21 Å². The van der Waals surface area contributed by atoms with Crippen molar-refractivity contribution in [2.45, 2.75) is 34.3 Å². The number of sulfonamides is 2. The van der Waals surface area contributed by atoms with E-state index in [-0.39, 0.29) is 45.9 Å². The number of primary sulfonamides is 1. The molecule has 0 saturated heterocycles. The third kappa shape index (κ3) is 5.87. The highest BCUT2D eigenvalue weighted by atomic mass is 32.3. The number of fused-ring (bicyclic) bond motifs is 1. The van der Waals surface area contributed by atoms with Crippen LogP contribution in [0.15, 0.2) is 43.9 Å². The SMILES string of the molecule is CCN(C(=O)Oc1ccccc1CN=O)[C@H]1CN(CCCOC)S(=O)(=O)c2sc(S(N)(=O)=O)cc21. The molecule has 0 radical (unpaired) electrons. The van der Waals surface area contributed by atoms with Crippen molar-refractivity contribution in [1.29, 1.82) is 0 Å². The molecule has 0 fully saturated rings. The Hall–Kier alpha value is -2.43. The zero-order valence-electron chi connectivity index (χ0n) is 19.1. The first kappa shape index (κ1) is 27.2. The molecule has 1 aromatic carbocycles. The Balaban J connectivity index is 2.02. The van der Waals surface area contributed by atoms with Gasteiger partial charge in [-0.2, -0.15) is 9.21 Å². The summed E-state index contributed by atoms with van der Waals surface area (Å²) in [4.78, 5) is 25.3. The Kier molecular flexibility index (Phi) is 8.61. The monoisotopic (exact) mass is 546 g/mol. The minimum atomic E-state index is -4.18. The average Bonchev–Trinajstić information content (AvgIpc) is 3.26. The Morgan fingerprint density at radius 3 is 2.69 bits per heavy atom. The number of para-hydroxylation sites is 1. The summed E-state index contributed by atoms with van der Waals surface area (Å²) < 4.78 is 61.8. The number of nitroso groups, excluding NO2 is 1. The molecule has 15 heteroatoms. The van der Waals surface area contributed by atoms with Gasteiger partial charge in [-0.1, -0.05) is 23.4 Å². The van der Waals surface area contributed by atoms with E-state index >= 15 is 0 Å². The van der Waals surface area contributed by atoms with Gasteiger partial charge in [0.05, 0.1) is 6.04 Å². The van der Waals surface area contributed by atoms with Gasteiger partial charge in [0.2, 0.25) is 10.0 Å². The molecule has 1 aliphatic rings. The first-order valence-electron chi connectivity index (χ1n) is 10.6. The second kappa shape index (κ2) is 11.1. The maximum Gasteiger partial charge on any atom is 0.415 e. The number of likely N-dealkylation sites (N-methyl/N-ethyl adjacent to an activating group) is 1. The molecule has 3 rings (SSSR count). The van der Waals surface area contributed by atoms with Gasteiger partial charge in [-0.3, -0.25) is 4.90 Å². The number of nitrogens with two attached hydrogens (primary N) is 1. The molecule has 1 amide bonds. The van der Waals surface area contributed by atoms with Crippen LogP contribution in [0.25, 0.3) is 0 Å². The van der Waals surface area contributed by atoms with Crippen molar-refractivity contribution < 1.29 is 31.1 Å². The summed E-state index contributed by atoms with van der Waals surface area (Å²) in [6, 6.07) is 6.78. The standard InChI is InChI=1S/C20H26N4O8S3/c1-3-24(20(25)32-17-8-5-4-7-14(17)12-22-26)16-13-23(9-6-10-31-2)35(29,30)19-15(16)11-18(33-19)34(21,27)28/h4-5,7-8,11,16H,3,6,9-10,12-13H2,1-2H3,(H2,21,27,28)/t16-/m0/s1. The molecule has 192 valence electrons. The van der Waals surface area contributed by atoms with Gasteiger partial charge in [0.15, 0.2) is 0 Å². The maximum atomic E-state index is 13.3. The molecular formula is C20H26N4O8S3. The molecule has 35 heavy (non-hydrogen) atoms. The number of carbonyl (C=O) groups excluding carboxylic acids is 1. The van der Waals surface area contributed by atoms with Crippen molar-refractivity contribution in [2.24, 2.45) is 10.3 Å². The third-order valence-electron chi connectivity index (χ3n) is 5.40. The van der Waals surface area contributed by atoms with Crippen LogP contribution in [0.3, 0.4) is 0 Å². The highest BCUT2D eigenvalue weighted by Gasteiger charge is 2.43. The van der Waals surface area contributed by atoms with Gasteiger partial charge >= 0.3 is 6.09 Å². The number of nitrogens with zero attached hydrogens (tertiary/aromatic N) is 3. The predicted octanol–water partition coefficient (Wildman–Crippen LogP) is 2.26. The van der Waals surface area contributed by atoms with E-state index in [4.69, 9.17) is 14.6 Å². The quantitative estimate of drug-likeness (QED) is 0.350. The lowest BCUT2D eigenvalue weighted by Crippen LogP contribution is -2.48.